The molecule has 0 aromatic heterocycles. The van der Waals surface area contributed by atoms with Gasteiger partial charge in [0.1, 0.15) is 0 Å². The second-order valence-electron chi connectivity index (χ2n) is 20.9. The zero-order valence-corrected chi connectivity index (χ0v) is 42.9. The maximum atomic E-state index is 7.12. The quantitative estimate of drug-likeness (QED) is 0.0800. The SMILES string of the molecule is CCCCCCCCCCCCCCCCCCON1C2=NC(=NC3=NC(=NC4N=C(N=C5N=C1c1cc6ccccc6cc15)c1cc5ccccc5cc14)c1cc4ccccc4cc13)c1cc3ccccc3cc12. The lowest BCUT2D eigenvalue weighted by Gasteiger charge is -2.24. The van der Waals surface area contributed by atoms with E-state index in [1.165, 1.54) is 89.9 Å². The van der Waals surface area contributed by atoms with Crippen molar-refractivity contribution in [2.45, 2.75) is 116 Å². The van der Waals surface area contributed by atoms with Crippen LogP contribution in [0.3, 0.4) is 0 Å². The highest BCUT2D eigenvalue weighted by Crippen LogP contribution is 2.39. The van der Waals surface area contributed by atoms with Gasteiger partial charge in [-0.2, -0.15) is 5.06 Å². The van der Waals surface area contributed by atoms with E-state index in [1.807, 2.05) is 5.06 Å². The molecule has 5 heterocycles. The molecule has 8 aromatic carbocycles. The number of amidine groups is 7. The van der Waals surface area contributed by atoms with Crippen LogP contribution in [-0.2, 0) is 4.84 Å². The van der Waals surface area contributed by atoms with E-state index in [1.54, 1.807) is 0 Å². The van der Waals surface area contributed by atoms with Crippen molar-refractivity contribution in [1.82, 2.24) is 5.06 Å². The van der Waals surface area contributed by atoms with E-state index in [0.717, 1.165) is 100 Å². The first kappa shape index (κ1) is 47.0. The fraction of sp³-hybridized carbons (Fsp3) is 0.288. The largest absolute Gasteiger partial charge is 0.266 e. The van der Waals surface area contributed by atoms with E-state index in [9.17, 15) is 0 Å². The maximum Gasteiger partial charge on any atom is 0.170 e. The molecule has 1 atom stereocenters. The summed E-state index contributed by atoms with van der Waals surface area (Å²) in [6, 6.07) is 51.4. The summed E-state index contributed by atoms with van der Waals surface area (Å²) in [6.07, 6.45) is 20.3. The summed E-state index contributed by atoms with van der Waals surface area (Å²) in [5, 5.41) is 10.7. The minimum absolute atomic E-state index is 0.489. The van der Waals surface area contributed by atoms with E-state index in [-0.39, 0.29) is 0 Å². The first-order valence-corrected chi connectivity index (χ1v) is 27.8. The molecule has 372 valence electrons. The smallest absolute Gasteiger partial charge is 0.170 e. The second-order valence-corrected chi connectivity index (χ2v) is 20.9. The summed E-state index contributed by atoms with van der Waals surface area (Å²) in [5.41, 5.74) is 7.33. The van der Waals surface area contributed by atoms with Crippen molar-refractivity contribution in [2.24, 2.45) is 34.9 Å². The molecule has 5 aliphatic rings. The van der Waals surface area contributed by atoms with Gasteiger partial charge in [-0.25, -0.2) is 34.9 Å². The number of rotatable bonds is 18. The molecule has 8 bridgehead atoms. The zero-order chi connectivity index (χ0) is 50.1. The van der Waals surface area contributed by atoms with Crippen LogP contribution < -0.4 is 0 Å². The highest BCUT2D eigenvalue weighted by Gasteiger charge is 2.37. The van der Waals surface area contributed by atoms with Crippen molar-refractivity contribution in [1.29, 1.82) is 0 Å². The Hall–Kier alpha value is -7.75. The Morgan fingerprint density at radius 2 is 0.640 bits per heavy atom. The van der Waals surface area contributed by atoms with Gasteiger partial charge in [-0.15, -0.1) is 0 Å². The summed E-state index contributed by atoms with van der Waals surface area (Å²) < 4.78 is 0. The van der Waals surface area contributed by atoms with Crippen molar-refractivity contribution < 1.29 is 4.84 Å². The molecule has 5 aliphatic heterocycles. The molecule has 1 unspecified atom stereocenters. The predicted molar refractivity (Wildman–Crippen MR) is 312 cm³/mol. The third-order valence-electron chi connectivity index (χ3n) is 15.7. The Kier molecular flexibility index (Phi) is 13.1. The zero-order valence-electron chi connectivity index (χ0n) is 42.9. The van der Waals surface area contributed by atoms with Gasteiger partial charge in [0.05, 0.1) is 6.61 Å². The number of benzene rings is 8. The van der Waals surface area contributed by atoms with Crippen LogP contribution in [0.4, 0.5) is 0 Å². The Bertz CT molecular complexity index is 3780. The number of fused-ring (bicyclic) bond motifs is 20. The molecule has 0 saturated carbocycles. The van der Waals surface area contributed by atoms with Crippen molar-refractivity contribution >= 4 is 83.9 Å². The Balaban J connectivity index is 0.887. The lowest BCUT2D eigenvalue weighted by Crippen LogP contribution is -2.37. The van der Waals surface area contributed by atoms with E-state index in [4.69, 9.17) is 39.8 Å². The van der Waals surface area contributed by atoms with Crippen LogP contribution in [0.25, 0.3) is 43.1 Å². The van der Waals surface area contributed by atoms with Gasteiger partial charge in [0.15, 0.2) is 47.0 Å². The van der Waals surface area contributed by atoms with Crippen LogP contribution in [0.5, 0.6) is 0 Å². The number of hydrogen-bond donors (Lipinski definition) is 0. The number of hydrogen-bond acceptors (Lipinski definition) is 9. The van der Waals surface area contributed by atoms with Crippen LogP contribution in [0.15, 0.2) is 181 Å². The summed E-state index contributed by atoms with van der Waals surface area (Å²) >= 11 is 0. The highest BCUT2D eigenvalue weighted by molar-refractivity contribution is 6.35. The van der Waals surface area contributed by atoms with Crippen LogP contribution >= 0.6 is 0 Å². The van der Waals surface area contributed by atoms with Gasteiger partial charge in [0, 0.05) is 44.5 Å². The molecular weight excluding hydrogens is 921 g/mol. The highest BCUT2D eigenvalue weighted by atomic mass is 16.7. The maximum absolute atomic E-state index is 7.12. The third-order valence-corrected chi connectivity index (χ3v) is 15.7. The molecule has 75 heavy (non-hydrogen) atoms. The van der Waals surface area contributed by atoms with Gasteiger partial charge >= 0.3 is 0 Å². The Morgan fingerprint density at radius 3 is 1.07 bits per heavy atom. The molecule has 0 aliphatic carbocycles. The summed E-state index contributed by atoms with van der Waals surface area (Å²) in [7, 11) is 0. The van der Waals surface area contributed by atoms with Gasteiger partial charge in [-0.1, -0.05) is 200 Å². The van der Waals surface area contributed by atoms with Gasteiger partial charge < -0.3 is 0 Å². The summed E-state index contributed by atoms with van der Waals surface area (Å²) in [6.45, 7) is 2.78. The lowest BCUT2D eigenvalue weighted by atomic mass is 9.99. The van der Waals surface area contributed by atoms with Crippen molar-refractivity contribution in [2.75, 3.05) is 6.61 Å². The number of unbranched alkanes of at least 4 members (excludes halogenated alkanes) is 15. The molecule has 0 spiro atoms. The Labute approximate surface area is 439 Å². The van der Waals surface area contributed by atoms with Gasteiger partial charge in [-0.3, -0.25) is 4.84 Å². The molecule has 8 aromatic rings. The van der Waals surface area contributed by atoms with E-state index >= 15 is 0 Å². The Morgan fingerprint density at radius 1 is 0.333 bits per heavy atom. The van der Waals surface area contributed by atoms with Crippen LogP contribution in [0.2, 0.25) is 0 Å². The summed E-state index contributed by atoms with van der Waals surface area (Å²) in [4.78, 5) is 45.1. The molecule has 0 amide bonds. The molecule has 9 nitrogen and oxygen atoms in total. The van der Waals surface area contributed by atoms with Gasteiger partial charge in [-0.05, 0) is 98.0 Å². The van der Waals surface area contributed by atoms with E-state index in [2.05, 4.69) is 153 Å². The molecule has 0 N–H and O–H groups in total. The molecule has 0 radical (unpaired) electrons. The predicted octanol–water partition coefficient (Wildman–Crippen LogP) is 16.2. The van der Waals surface area contributed by atoms with Crippen molar-refractivity contribution in [3.8, 4) is 0 Å². The van der Waals surface area contributed by atoms with E-state index in [0.29, 0.717) is 47.5 Å². The number of hydroxylamine groups is 2. The van der Waals surface area contributed by atoms with Crippen molar-refractivity contribution in [3.63, 3.8) is 0 Å². The van der Waals surface area contributed by atoms with Crippen LogP contribution in [0.1, 0.15) is 160 Å². The third kappa shape index (κ3) is 9.33. The number of aliphatic imine (C=N–C) groups is 7. The second kappa shape index (κ2) is 20.9. The van der Waals surface area contributed by atoms with E-state index < -0.39 is 6.17 Å². The topological polar surface area (TPSA) is 99.0 Å². The van der Waals surface area contributed by atoms with Gasteiger partial charge in [0.2, 0.25) is 0 Å². The standard InChI is InChI=1S/C66H62N8O/c1-2-3-4-5-6-7-8-9-10-11-12-13-14-15-16-25-34-75-74-65-57-41-49-32-23-21-30-47(49)39-55(57)63(72-65)70-61-53-37-45-28-19-17-26-43(45)35-51(53)59(68-61)67-60-52-36-44-27-18-20-29-46(44)38-54(52)62(69-60)71-64-56-40-48-31-22-24-33-50(48)42-58(56)66(74)73-64/h17-24,26-33,35-42,59H,2-16,25,34H2,1H3. The fourth-order valence-corrected chi connectivity index (χ4v) is 11.6. The first-order valence-electron chi connectivity index (χ1n) is 27.8. The minimum Gasteiger partial charge on any atom is -0.266 e. The van der Waals surface area contributed by atoms with Crippen LogP contribution in [0, 0.1) is 0 Å². The molecule has 0 saturated heterocycles. The normalized spacial score (nSPS) is 16.1. The minimum atomic E-state index is -0.606. The lowest BCUT2D eigenvalue weighted by molar-refractivity contribution is -0.0420. The first-order chi connectivity index (χ1) is 37.1. The summed E-state index contributed by atoms with van der Waals surface area (Å²) in [5.74, 6) is 4.07. The molecule has 0 fully saturated rings. The monoisotopic (exact) mass is 983 g/mol. The average Bonchev–Trinajstić information content (AvgIpc) is 4.23. The van der Waals surface area contributed by atoms with Gasteiger partial charge in [0.25, 0.3) is 0 Å². The number of nitrogens with zero attached hydrogens (tertiary/aromatic N) is 8. The molecule has 13 rings (SSSR count). The molecular formula is C66H62N8O. The van der Waals surface area contributed by atoms with Crippen LogP contribution in [-0.4, -0.2) is 52.5 Å². The molecule has 9 heteroatoms. The van der Waals surface area contributed by atoms with Crippen molar-refractivity contribution in [3.05, 3.63) is 190 Å². The fourth-order valence-electron chi connectivity index (χ4n) is 11.6. The average molecular weight is 983 g/mol.